The summed E-state index contributed by atoms with van der Waals surface area (Å²) in [6.45, 7) is 0. The Kier molecular flexibility index (Phi) is 4.01. The van der Waals surface area contributed by atoms with Gasteiger partial charge in [-0.15, -0.1) is 10.2 Å². The third kappa shape index (κ3) is 3.49. The van der Waals surface area contributed by atoms with Gasteiger partial charge in [-0.2, -0.15) is 0 Å². The van der Waals surface area contributed by atoms with Gasteiger partial charge in [0, 0.05) is 19.4 Å². The Labute approximate surface area is 125 Å². The highest BCUT2D eigenvalue weighted by molar-refractivity contribution is 7.98. The molecule has 2 heterocycles. The van der Waals surface area contributed by atoms with Crippen LogP contribution in [0.3, 0.4) is 0 Å². The van der Waals surface area contributed by atoms with E-state index in [1.165, 1.54) is 23.9 Å². The molecule has 108 valence electrons. The second-order valence-corrected chi connectivity index (χ2v) is 5.44. The summed E-state index contributed by atoms with van der Waals surface area (Å²) in [5.74, 6) is 1.80. The summed E-state index contributed by atoms with van der Waals surface area (Å²) in [5.41, 5.74) is 0.805. The number of rotatable bonds is 5. The molecule has 0 aliphatic heterocycles. The molecule has 0 spiro atoms. The van der Waals surface area contributed by atoms with Crippen molar-refractivity contribution in [2.24, 2.45) is 7.05 Å². The highest BCUT2D eigenvalue weighted by atomic mass is 32.2. The fourth-order valence-corrected chi connectivity index (χ4v) is 2.64. The van der Waals surface area contributed by atoms with Crippen LogP contribution in [0.5, 0.6) is 0 Å². The smallest absolute Gasteiger partial charge is 0.277 e. The normalized spacial score (nSPS) is 11.0. The minimum Gasteiger partial charge on any atom is -0.416 e. The number of hydrogen-bond acceptors (Lipinski definition) is 5. The zero-order valence-corrected chi connectivity index (χ0v) is 12.2. The predicted octanol–water partition coefficient (Wildman–Crippen LogP) is 2.83. The fourth-order valence-electron chi connectivity index (χ4n) is 1.85. The summed E-state index contributed by atoms with van der Waals surface area (Å²) in [4.78, 5) is 4.23. The van der Waals surface area contributed by atoms with E-state index in [9.17, 15) is 4.39 Å². The topological polar surface area (TPSA) is 56.7 Å². The molecule has 3 rings (SSSR count). The third-order valence-electron chi connectivity index (χ3n) is 2.94. The van der Waals surface area contributed by atoms with Crippen molar-refractivity contribution in [3.8, 4) is 0 Å². The van der Waals surface area contributed by atoms with Gasteiger partial charge in [0.25, 0.3) is 5.22 Å². The first-order chi connectivity index (χ1) is 10.2. The molecule has 0 fully saturated rings. The van der Waals surface area contributed by atoms with Crippen molar-refractivity contribution in [1.82, 2.24) is 19.7 Å². The second kappa shape index (κ2) is 6.09. The lowest BCUT2D eigenvalue weighted by Gasteiger charge is -1.98. The van der Waals surface area contributed by atoms with E-state index in [2.05, 4.69) is 15.2 Å². The van der Waals surface area contributed by atoms with Crippen LogP contribution in [0.2, 0.25) is 0 Å². The summed E-state index contributed by atoms with van der Waals surface area (Å²) in [6.07, 6.45) is 4.06. The minimum atomic E-state index is -0.267. The van der Waals surface area contributed by atoms with Crippen molar-refractivity contribution in [3.63, 3.8) is 0 Å². The van der Waals surface area contributed by atoms with E-state index in [-0.39, 0.29) is 5.82 Å². The Morgan fingerprint density at radius 3 is 3.00 bits per heavy atom. The Balaban J connectivity index is 1.62. The van der Waals surface area contributed by atoms with E-state index in [1.54, 1.807) is 12.3 Å². The van der Waals surface area contributed by atoms with Crippen LogP contribution in [-0.2, 0) is 19.2 Å². The van der Waals surface area contributed by atoms with Crippen molar-refractivity contribution in [2.75, 3.05) is 0 Å². The first kappa shape index (κ1) is 13.8. The molecule has 0 amide bonds. The molecule has 0 saturated heterocycles. The van der Waals surface area contributed by atoms with Crippen LogP contribution in [-0.4, -0.2) is 19.7 Å². The number of hydrogen-bond donors (Lipinski definition) is 0. The van der Waals surface area contributed by atoms with Crippen molar-refractivity contribution in [2.45, 2.75) is 17.4 Å². The van der Waals surface area contributed by atoms with Crippen LogP contribution in [0.25, 0.3) is 0 Å². The lowest BCUT2D eigenvalue weighted by atomic mass is 10.1. The molecule has 0 unspecified atom stereocenters. The molecular weight excluding hydrogens is 291 g/mol. The van der Waals surface area contributed by atoms with Gasteiger partial charge in [-0.1, -0.05) is 23.9 Å². The first-order valence-corrected chi connectivity index (χ1v) is 7.35. The number of thioether (sulfide) groups is 1. The molecule has 21 heavy (non-hydrogen) atoms. The van der Waals surface area contributed by atoms with Crippen LogP contribution >= 0.6 is 11.8 Å². The average molecular weight is 304 g/mol. The molecule has 5 nitrogen and oxygen atoms in total. The molecule has 0 N–H and O–H groups in total. The summed E-state index contributed by atoms with van der Waals surface area (Å²) in [7, 11) is 1.94. The van der Waals surface area contributed by atoms with Crippen molar-refractivity contribution in [3.05, 3.63) is 59.8 Å². The van der Waals surface area contributed by atoms with E-state index in [0.717, 1.165) is 11.4 Å². The molecular formula is C14H13FN4OS. The van der Waals surface area contributed by atoms with Gasteiger partial charge >= 0.3 is 0 Å². The summed E-state index contributed by atoms with van der Waals surface area (Å²) in [6, 6.07) is 6.36. The minimum absolute atomic E-state index is 0.267. The summed E-state index contributed by atoms with van der Waals surface area (Å²) in [5, 5.41) is 8.45. The third-order valence-corrected chi connectivity index (χ3v) is 3.75. The van der Waals surface area contributed by atoms with Gasteiger partial charge in [-0.05, 0) is 17.7 Å². The average Bonchev–Trinajstić information content (AvgIpc) is 3.06. The quantitative estimate of drug-likeness (QED) is 0.678. The number of benzene rings is 1. The van der Waals surface area contributed by atoms with Gasteiger partial charge in [0.2, 0.25) is 5.89 Å². The van der Waals surface area contributed by atoms with Gasteiger partial charge in [0.1, 0.15) is 11.6 Å². The highest BCUT2D eigenvalue weighted by Gasteiger charge is 2.09. The maximum atomic E-state index is 13.1. The first-order valence-electron chi connectivity index (χ1n) is 6.36. The van der Waals surface area contributed by atoms with E-state index in [0.29, 0.717) is 23.3 Å². The zero-order valence-electron chi connectivity index (χ0n) is 11.4. The molecule has 3 aromatic rings. The van der Waals surface area contributed by atoms with Crippen LogP contribution < -0.4 is 0 Å². The molecule has 0 radical (unpaired) electrons. The SMILES string of the molecule is Cn1ccnc1CSc1nnc(Cc2cccc(F)c2)o1. The molecule has 0 aliphatic rings. The van der Waals surface area contributed by atoms with Crippen LogP contribution in [0.4, 0.5) is 4.39 Å². The molecule has 1 aromatic carbocycles. The Bertz CT molecular complexity index is 740. The molecule has 2 aromatic heterocycles. The van der Waals surface area contributed by atoms with E-state index >= 15 is 0 Å². The fraction of sp³-hybridized carbons (Fsp3) is 0.214. The molecule has 0 aliphatic carbocycles. The van der Waals surface area contributed by atoms with E-state index < -0.39 is 0 Å². The Morgan fingerprint density at radius 1 is 1.33 bits per heavy atom. The monoisotopic (exact) mass is 304 g/mol. The number of aryl methyl sites for hydroxylation is 1. The number of halogens is 1. The maximum Gasteiger partial charge on any atom is 0.277 e. The van der Waals surface area contributed by atoms with E-state index in [4.69, 9.17) is 4.42 Å². The standard InChI is InChI=1S/C14H13FN4OS/c1-19-6-5-16-12(19)9-21-14-18-17-13(20-14)8-10-3-2-4-11(15)7-10/h2-7H,8-9H2,1H3. The Hall–Kier alpha value is -2.15. The van der Waals surface area contributed by atoms with Crippen molar-refractivity contribution < 1.29 is 8.81 Å². The largest absolute Gasteiger partial charge is 0.416 e. The summed E-state index contributed by atoms with van der Waals surface area (Å²) >= 11 is 1.43. The van der Waals surface area contributed by atoms with Crippen LogP contribution in [0, 0.1) is 5.82 Å². The van der Waals surface area contributed by atoms with Gasteiger partial charge < -0.3 is 8.98 Å². The molecule has 0 saturated carbocycles. The Morgan fingerprint density at radius 2 is 2.24 bits per heavy atom. The van der Waals surface area contributed by atoms with Crippen molar-refractivity contribution in [1.29, 1.82) is 0 Å². The van der Waals surface area contributed by atoms with E-state index in [1.807, 2.05) is 23.9 Å². The van der Waals surface area contributed by atoms with Crippen molar-refractivity contribution >= 4 is 11.8 Å². The number of nitrogens with zero attached hydrogens (tertiary/aromatic N) is 4. The highest BCUT2D eigenvalue weighted by Crippen LogP contribution is 2.21. The van der Waals surface area contributed by atoms with Crippen LogP contribution in [0.1, 0.15) is 17.3 Å². The lowest BCUT2D eigenvalue weighted by Crippen LogP contribution is -1.94. The van der Waals surface area contributed by atoms with Gasteiger partial charge in [0.05, 0.1) is 12.2 Å². The summed E-state index contributed by atoms with van der Waals surface area (Å²) < 4.78 is 20.6. The van der Waals surface area contributed by atoms with Gasteiger partial charge in [0.15, 0.2) is 0 Å². The molecule has 0 atom stereocenters. The molecule has 7 heteroatoms. The maximum absolute atomic E-state index is 13.1. The number of aromatic nitrogens is 4. The molecule has 0 bridgehead atoms. The lowest BCUT2D eigenvalue weighted by molar-refractivity contribution is 0.420. The predicted molar refractivity (Wildman–Crippen MR) is 76.3 cm³/mol. The van der Waals surface area contributed by atoms with Crippen LogP contribution in [0.15, 0.2) is 46.3 Å². The second-order valence-electron chi connectivity index (χ2n) is 4.51. The number of imidazole rings is 1. The van der Waals surface area contributed by atoms with Gasteiger partial charge in [-0.25, -0.2) is 9.37 Å². The van der Waals surface area contributed by atoms with Gasteiger partial charge in [-0.3, -0.25) is 0 Å². The zero-order chi connectivity index (χ0) is 14.7.